The second-order valence-corrected chi connectivity index (χ2v) is 32.1. The Labute approximate surface area is 500 Å². The number of carbonyl (C=O) groups is 7. The zero-order valence-corrected chi connectivity index (χ0v) is 53.6. The topological polar surface area (TPSA) is 294 Å². The number of amides is 1. The van der Waals surface area contributed by atoms with Crippen molar-refractivity contribution in [3.05, 3.63) is 107 Å². The Kier molecular flexibility index (Phi) is 49.5. The summed E-state index contributed by atoms with van der Waals surface area (Å²) in [5, 5.41) is 48.1. The van der Waals surface area contributed by atoms with E-state index < -0.39 is 30.0 Å². The molecule has 23 heteroatoms. The molecule has 16 nitrogen and oxygen atoms in total. The van der Waals surface area contributed by atoms with Crippen molar-refractivity contribution in [2.45, 2.75) is 105 Å². The molecule has 3 rings (SSSR count). The number of phenolic OH excluding ortho intramolecular Hbond substituents is 1. The van der Waals surface area contributed by atoms with Crippen LogP contribution in [0.4, 0.5) is 10.4 Å². The Bertz CT molecular complexity index is 2170. The van der Waals surface area contributed by atoms with Crippen LogP contribution in [-0.2, 0) is 102 Å². The predicted octanol–water partition coefficient (Wildman–Crippen LogP) is 6.46. The number of halogens is 5. The average Bonchev–Trinajstić information content (AvgIpc) is 3.25. The molecule has 0 aliphatic carbocycles. The van der Waals surface area contributed by atoms with E-state index in [0.29, 0.717) is 55.2 Å². The molecule has 2 atom stereocenters. The van der Waals surface area contributed by atoms with Crippen LogP contribution in [0.3, 0.4) is 0 Å². The van der Waals surface area contributed by atoms with Crippen molar-refractivity contribution in [1.29, 1.82) is 0 Å². The van der Waals surface area contributed by atoms with Crippen LogP contribution in [0.5, 0.6) is 17.2 Å². The van der Waals surface area contributed by atoms with Gasteiger partial charge in [-0.3, -0.25) is 23.9 Å². The number of Topliss-reactive ketones (excluding diaryl/α,β-unsaturated/α-hetero) is 2. The van der Waals surface area contributed by atoms with E-state index in [1.807, 2.05) is 53.7 Å². The number of allylic oxidation sites excluding steroid dienone is 3. The van der Waals surface area contributed by atoms with Crippen LogP contribution in [0, 0.1) is 11.8 Å². The first-order chi connectivity index (χ1) is 31.9. The van der Waals surface area contributed by atoms with Crippen LogP contribution in [0.1, 0.15) is 122 Å². The van der Waals surface area contributed by atoms with E-state index in [1.54, 1.807) is 18.2 Å². The fraction of sp³-hybridized carbons (Fsp3) is 0.396. The number of phenols is 3. The minimum absolute atomic E-state index is 0. The van der Waals surface area contributed by atoms with Crippen LogP contribution in [0.2, 0.25) is 0 Å². The maximum absolute atomic E-state index is 12.6. The van der Waals surface area contributed by atoms with E-state index in [4.69, 9.17) is 38.4 Å². The summed E-state index contributed by atoms with van der Waals surface area (Å²) in [4.78, 5) is 79.6. The fourth-order valence-corrected chi connectivity index (χ4v) is 5.64. The number of carboxylic acid groups (broad SMARTS) is 2. The Morgan fingerprint density at radius 1 is 0.690 bits per heavy atom. The number of aromatic carboxylic acids is 2. The van der Waals surface area contributed by atoms with Crippen molar-refractivity contribution in [1.82, 2.24) is 5.32 Å². The van der Waals surface area contributed by atoms with Gasteiger partial charge in [0.05, 0.1) is 19.2 Å². The normalized spacial score (nSPS) is 10.9. The van der Waals surface area contributed by atoms with Crippen LogP contribution in [0.25, 0.3) is 0 Å². The summed E-state index contributed by atoms with van der Waals surface area (Å²) >= 11 is 10.3. The number of ether oxygens (including phenoxy) is 1. The predicted molar refractivity (Wildman–Crippen MR) is 280 cm³/mol. The van der Waals surface area contributed by atoms with Gasteiger partial charge in [-0.15, -0.1) is 0 Å². The largest absolute Gasteiger partial charge is 0.507 e. The molecule has 0 saturated heterocycles. The molecule has 0 saturated carbocycles. The molecule has 2 radical (unpaired) electrons. The molecule has 3 aromatic carbocycles. The molecule has 2 unspecified atom stereocenters. The average molecular weight is 1510 g/mol. The summed E-state index contributed by atoms with van der Waals surface area (Å²) in [7, 11) is 1.23. The van der Waals surface area contributed by atoms with E-state index in [9.17, 15) is 43.8 Å². The van der Waals surface area contributed by atoms with E-state index in [0.717, 1.165) is 12.8 Å². The smallest absolute Gasteiger partial charge is 0.339 e. The van der Waals surface area contributed by atoms with Gasteiger partial charge in [0.15, 0.2) is 11.6 Å². The summed E-state index contributed by atoms with van der Waals surface area (Å²) in [6.07, 6.45) is 11.0. The summed E-state index contributed by atoms with van der Waals surface area (Å²) < 4.78 is 4.57. The number of esters is 1. The SMILES string of the molecule is CC/C=C\CC(=O)Cl.CC/C=C\CC(=O)NC(CC(C)C)C(=O)Cc1ccc(O)c(C(=O)O)c1.COC(=O)c1cc(CC(=O)C(N)CC(C)C)ccc1O.F.I[I-]I.Nc1ccc(O)c(C(=O)O)c1.[Y].[Y]. The maximum Gasteiger partial charge on any atom is 0.339 e. The second-order valence-electron chi connectivity index (χ2n) is 15.4. The van der Waals surface area contributed by atoms with Crippen molar-refractivity contribution in [2.24, 2.45) is 17.6 Å². The second kappa shape index (κ2) is 45.2. The zero-order chi connectivity index (χ0) is 52.5. The number of methoxy groups -OCH3 is 1. The van der Waals surface area contributed by atoms with Gasteiger partial charge in [-0.1, -0.05) is 78.0 Å². The summed E-state index contributed by atoms with van der Waals surface area (Å²) in [6.45, 7) is 11.9. The van der Waals surface area contributed by atoms with Crippen molar-refractivity contribution in [3.63, 3.8) is 0 Å². The number of rotatable bonds is 20. The van der Waals surface area contributed by atoms with Gasteiger partial charge in [-0.25, -0.2) is 14.4 Å². The van der Waals surface area contributed by atoms with Crippen LogP contribution < -0.4 is 30.0 Å². The number of nitrogens with two attached hydrogens (primary N) is 2. The molecule has 0 spiro atoms. The Hall–Kier alpha value is -2.19. The minimum Gasteiger partial charge on any atom is -0.507 e. The summed E-state index contributed by atoms with van der Waals surface area (Å²) in [5.41, 5.74) is 12.2. The Morgan fingerprint density at radius 2 is 1.10 bits per heavy atom. The number of nitrogens with one attached hydrogen (secondary N) is 1. The van der Waals surface area contributed by atoms with Crippen molar-refractivity contribution >= 4 is 95.1 Å². The van der Waals surface area contributed by atoms with Crippen molar-refractivity contribution < 1.29 is 147 Å². The summed E-state index contributed by atoms with van der Waals surface area (Å²) in [6, 6.07) is 11.2. The molecular weight excluding hydrogens is 1440 g/mol. The first kappa shape index (κ1) is 77.7. The molecule has 10 N–H and O–H groups in total. The first-order valence-electron chi connectivity index (χ1n) is 21.1. The monoisotopic (exact) mass is 1500 g/mol. The molecule has 0 bridgehead atoms. The molecule has 71 heavy (non-hydrogen) atoms. The molecule has 392 valence electrons. The van der Waals surface area contributed by atoms with E-state index in [2.05, 4.69) is 47.3 Å². The number of hydrogen-bond acceptors (Lipinski definition) is 13. The van der Waals surface area contributed by atoms with Crippen LogP contribution in [0.15, 0.2) is 78.9 Å². The van der Waals surface area contributed by atoms with Gasteiger partial charge in [0.1, 0.15) is 33.9 Å². The number of carboxylic acids is 2. The van der Waals surface area contributed by atoms with Gasteiger partial charge in [0, 0.05) is 96.8 Å². The van der Waals surface area contributed by atoms with Gasteiger partial charge in [0.2, 0.25) is 11.1 Å². The zero-order valence-electron chi connectivity index (χ0n) is 40.7. The maximum atomic E-state index is 12.6. The molecule has 1 amide bonds. The third-order valence-electron chi connectivity index (χ3n) is 8.72. The molecule has 3 aromatic rings. The Morgan fingerprint density at radius 3 is 1.51 bits per heavy atom. The third-order valence-corrected chi connectivity index (χ3v) is 8.88. The first-order valence-corrected chi connectivity index (χ1v) is 34.1. The van der Waals surface area contributed by atoms with E-state index in [-0.39, 0.29) is 152 Å². The molecule has 0 aliphatic heterocycles. The number of ketones is 2. The molecule has 0 aliphatic rings. The molecule has 0 aromatic heterocycles. The van der Waals surface area contributed by atoms with Gasteiger partial charge in [-0.2, -0.15) is 0 Å². The number of anilines is 1. The van der Waals surface area contributed by atoms with Crippen LogP contribution >= 0.6 is 48.8 Å². The molecule has 0 heterocycles. The standard InChI is InChI=1S/C20H27NO5.C15H21NO4.C7H7NO3.C6H9ClO.FH.I3.2Y/c1-4-5-6-7-19(24)21-16(10-13(2)3)18(23)12-14-8-9-17(22)15(11-14)20(25)26;1-9(2)6-12(16)14(18)8-10-4-5-13(17)11(7-10)15(19)20-3;8-4-1-2-6(9)5(3-4)7(10)11;1-2-3-4-5-6(7)8;;1-3-2;;/h5-6,8-9,11,13,16,22H,4,7,10,12H2,1-3H3,(H,21,24)(H,25,26);4-5,7,9,12,17H,6,8,16H2,1-3H3;1-3,9H,8H2,(H,10,11);3-4H,2,5H2,1H3;1H;;;/q;;;;;-1;;/b6-5-;;;4-3-;;;;. The number of hydrogen-bond donors (Lipinski definition) is 8. The van der Waals surface area contributed by atoms with E-state index >= 15 is 0 Å². The minimum atomic E-state index is -1.26. The number of benzene rings is 3. The quantitative estimate of drug-likeness (QED) is 0.0150. The molecular formula is C48H65ClFI3N3O13Y2-. The van der Waals surface area contributed by atoms with Crippen molar-refractivity contribution in [2.75, 3.05) is 12.8 Å². The molecule has 0 fully saturated rings. The van der Waals surface area contributed by atoms with E-state index in [1.165, 1.54) is 55.6 Å². The van der Waals surface area contributed by atoms with Gasteiger partial charge < -0.3 is 47.1 Å². The Balaban J connectivity index is -0.000000285. The van der Waals surface area contributed by atoms with Crippen molar-refractivity contribution in [3.8, 4) is 17.2 Å². The van der Waals surface area contributed by atoms with Gasteiger partial charge in [0.25, 0.3) is 0 Å². The third kappa shape index (κ3) is 37.2. The van der Waals surface area contributed by atoms with Gasteiger partial charge >= 0.3 is 68.4 Å². The van der Waals surface area contributed by atoms with Crippen LogP contribution in [-0.4, -0.2) is 85.4 Å². The number of aromatic hydroxyl groups is 3. The number of nitrogen functional groups attached to an aromatic ring is 1. The fourth-order valence-electron chi connectivity index (χ4n) is 5.55. The summed E-state index contributed by atoms with van der Waals surface area (Å²) in [5.74, 6) is -3.79. The number of carbonyl (C=O) groups excluding carboxylic acids is 5. The van der Waals surface area contributed by atoms with Gasteiger partial charge in [-0.05, 0) is 103 Å².